The van der Waals surface area contributed by atoms with Gasteiger partial charge in [-0.2, -0.15) is 5.26 Å². The number of hydrogen-bond acceptors (Lipinski definition) is 4. The van der Waals surface area contributed by atoms with Crippen LogP contribution >= 0.6 is 0 Å². The number of H-pyrrole nitrogens is 1. The highest BCUT2D eigenvalue weighted by molar-refractivity contribution is 6.00. The van der Waals surface area contributed by atoms with E-state index < -0.39 is 6.04 Å². The number of amides is 2. The summed E-state index contributed by atoms with van der Waals surface area (Å²) in [5, 5.41) is 12.4. The van der Waals surface area contributed by atoms with Gasteiger partial charge in [-0.05, 0) is 50.2 Å². The third-order valence-electron chi connectivity index (χ3n) is 5.68. The number of fused-ring (bicyclic) bond motifs is 1. The molecule has 26 heavy (non-hydrogen) atoms. The summed E-state index contributed by atoms with van der Waals surface area (Å²) >= 11 is 0. The Hall–Kier alpha value is -2.88. The van der Waals surface area contributed by atoms with Crippen molar-refractivity contribution in [3.63, 3.8) is 0 Å². The van der Waals surface area contributed by atoms with E-state index in [0.29, 0.717) is 22.3 Å². The second kappa shape index (κ2) is 6.13. The molecule has 0 unspecified atom stereocenters. The zero-order chi connectivity index (χ0) is 18.3. The minimum atomic E-state index is -0.574. The van der Waals surface area contributed by atoms with Crippen molar-refractivity contribution in [1.82, 2.24) is 20.2 Å². The van der Waals surface area contributed by atoms with Gasteiger partial charge in [0.15, 0.2) is 0 Å². The number of aromatic amines is 1. The van der Waals surface area contributed by atoms with Crippen LogP contribution in [0.25, 0.3) is 10.9 Å². The number of carbonyl (C=O) groups excluding carboxylic acids is 2. The number of nitriles is 1. The van der Waals surface area contributed by atoms with Crippen LogP contribution in [0.4, 0.5) is 0 Å². The second-order valence-corrected chi connectivity index (χ2v) is 7.47. The van der Waals surface area contributed by atoms with Gasteiger partial charge in [0.2, 0.25) is 5.91 Å². The number of pyridine rings is 1. The summed E-state index contributed by atoms with van der Waals surface area (Å²) < 4.78 is 0. The number of hydrogen-bond donors (Lipinski definition) is 2. The van der Waals surface area contributed by atoms with Crippen molar-refractivity contribution in [2.75, 3.05) is 13.1 Å². The maximum Gasteiger partial charge on any atom is 0.268 e. The van der Waals surface area contributed by atoms with Crippen molar-refractivity contribution in [3.05, 3.63) is 29.7 Å². The first-order chi connectivity index (χ1) is 12.5. The molecule has 134 valence electrons. The lowest BCUT2D eigenvalue weighted by Gasteiger charge is -2.33. The van der Waals surface area contributed by atoms with E-state index in [1.807, 2.05) is 11.0 Å². The minimum absolute atomic E-state index is 0.0293. The van der Waals surface area contributed by atoms with Crippen LogP contribution in [-0.4, -0.2) is 45.8 Å². The molecule has 2 fully saturated rings. The van der Waals surface area contributed by atoms with Crippen molar-refractivity contribution in [2.24, 2.45) is 5.41 Å². The maximum absolute atomic E-state index is 12.6. The van der Waals surface area contributed by atoms with Crippen LogP contribution in [0.5, 0.6) is 0 Å². The van der Waals surface area contributed by atoms with Gasteiger partial charge in [0.25, 0.3) is 5.91 Å². The van der Waals surface area contributed by atoms with E-state index in [-0.39, 0.29) is 11.8 Å². The fraction of sp³-hybridized carbons (Fsp3) is 0.474. The van der Waals surface area contributed by atoms with Gasteiger partial charge in [-0.1, -0.05) is 0 Å². The zero-order valence-electron chi connectivity index (χ0n) is 14.7. The Morgan fingerprint density at radius 3 is 2.69 bits per heavy atom. The van der Waals surface area contributed by atoms with Crippen LogP contribution in [0.1, 0.15) is 48.8 Å². The Bertz CT molecular complexity index is 912. The minimum Gasteiger partial charge on any atom is -0.349 e. The summed E-state index contributed by atoms with van der Waals surface area (Å²) in [5.41, 5.74) is 1.85. The van der Waals surface area contributed by atoms with Crippen molar-refractivity contribution in [1.29, 1.82) is 5.26 Å². The molecule has 0 aromatic carbocycles. The third kappa shape index (κ3) is 3.03. The van der Waals surface area contributed by atoms with Gasteiger partial charge in [-0.25, -0.2) is 4.98 Å². The fourth-order valence-corrected chi connectivity index (χ4v) is 3.70. The standard InChI is InChI=1S/C19H21N5O2/c1-12(18(26)24-6-4-19(2-3-19)5-7-24)22-17(25)15-9-13-8-14(10-20)21-11-16(13)23-15/h8-9,11-12,23H,2-7H2,1H3,(H,22,25)/t12-/m1/s1. The smallest absolute Gasteiger partial charge is 0.268 e. The molecule has 1 aliphatic carbocycles. The van der Waals surface area contributed by atoms with Crippen LogP contribution in [0.2, 0.25) is 0 Å². The average molecular weight is 351 g/mol. The van der Waals surface area contributed by atoms with Crippen molar-refractivity contribution < 1.29 is 9.59 Å². The van der Waals surface area contributed by atoms with Gasteiger partial charge in [-0.15, -0.1) is 0 Å². The van der Waals surface area contributed by atoms with E-state index in [2.05, 4.69) is 15.3 Å². The monoisotopic (exact) mass is 351 g/mol. The van der Waals surface area contributed by atoms with Crippen LogP contribution in [0.15, 0.2) is 18.3 Å². The summed E-state index contributed by atoms with van der Waals surface area (Å²) in [6.07, 6.45) is 6.28. The number of carbonyl (C=O) groups is 2. The fourth-order valence-electron chi connectivity index (χ4n) is 3.70. The molecule has 3 heterocycles. The number of piperidine rings is 1. The third-order valence-corrected chi connectivity index (χ3v) is 5.68. The molecule has 0 radical (unpaired) electrons. The lowest BCUT2D eigenvalue weighted by atomic mass is 9.93. The molecular weight excluding hydrogens is 330 g/mol. The lowest BCUT2D eigenvalue weighted by molar-refractivity contribution is -0.134. The quantitative estimate of drug-likeness (QED) is 0.882. The highest BCUT2D eigenvalue weighted by Gasteiger charge is 2.45. The normalized spacial score (nSPS) is 19.2. The van der Waals surface area contributed by atoms with E-state index in [4.69, 9.17) is 5.26 Å². The van der Waals surface area contributed by atoms with Crippen LogP contribution in [0.3, 0.4) is 0 Å². The molecule has 1 aliphatic heterocycles. The van der Waals surface area contributed by atoms with Crippen molar-refractivity contribution >= 4 is 22.7 Å². The molecule has 1 saturated heterocycles. The largest absolute Gasteiger partial charge is 0.349 e. The molecule has 2 aromatic rings. The summed E-state index contributed by atoms with van der Waals surface area (Å²) in [6, 6.07) is 4.69. The van der Waals surface area contributed by atoms with Gasteiger partial charge in [0.05, 0.1) is 11.7 Å². The predicted octanol–water partition coefficient (Wildman–Crippen LogP) is 1.96. The Labute approximate surface area is 151 Å². The summed E-state index contributed by atoms with van der Waals surface area (Å²) in [7, 11) is 0. The Morgan fingerprint density at radius 1 is 1.31 bits per heavy atom. The molecule has 7 heteroatoms. The van der Waals surface area contributed by atoms with E-state index >= 15 is 0 Å². The van der Waals surface area contributed by atoms with E-state index in [9.17, 15) is 9.59 Å². The van der Waals surface area contributed by atoms with Gasteiger partial charge >= 0.3 is 0 Å². The molecule has 4 rings (SSSR count). The number of rotatable bonds is 3. The van der Waals surface area contributed by atoms with Gasteiger partial charge in [0.1, 0.15) is 23.5 Å². The molecule has 0 bridgehead atoms. The highest BCUT2D eigenvalue weighted by atomic mass is 16.2. The van der Waals surface area contributed by atoms with Crippen LogP contribution in [-0.2, 0) is 4.79 Å². The first kappa shape index (κ1) is 16.6. The molecule has 2 aromatic heterocycles. The molecule has 2 N–H and O–H groups in total. The van der Waals surface area contributed by atoms with Crippen LogP contribution in [0, 0.1) is 16.7 Å². The predicted molar refractivity (Wildman–Crippen MR) is 95.2 cm³/mol. The summed E-state index contributed by atoms with van der Waals surface area (Å²) in [4.78, 5) is 33.9. The maximum atomic E-state index is 12.6. The SMILES string of the molecule is C[C@@H](NC(=O)c1cc2cc(C#N)ncc2[nH]1)C(=O)N1CCC2(CC1)CC2. The lowest BCUT2D eigenvalue weighted by Crippen LogP contribution is -2.49. The van der Waals surface area contributed by atoms with E-state index in [1.54, 1.807) is 19.1 Å². The van der Waals surface area contributed by atoms with E-state index in [0.717, 1.165) is 31.3 Å². The van der Waals surface area contributed by atoms with Crippen molar-refractivity contribution in [3.8, 4) is 6.07 Å². The summed E-state index contributed by atoms with van der Waals surface area (Å²) in [5.74, 6) is -0.366. The number of nitrogens with one attached hydrogen (secondary N) is 2. The van der Waals surface area contributed by atoms with Gasteiger partial charge in [0, 0.05) is 18.5 Å². The zero-order valence-corrected chi connectivity index (χ0v) is 14.7. The molecule has 1 atom stereocenters. The van der Waals surface area contributed by atoms with Gasteiger partial charge < -0.3 is 15.2 Å². The molecule has 1 spiro atoms. The molecule has 1 saturated carbocycles. The average Bonchev–Trinajstić information content (AvgIpc) is 3.26. The Kier molecular flexibility index (Phi) is 3.91. The summed E-state index contributed by atoms with van der Waals surface area (Å²) in [6.45, 7) is 3.29. The van der Waals surface area contributed by atoms with Crippen molar-refractivity contribution in [2.45, 2.75) is 38.6 Å². The molecule has 2 amide bonds. The Morgan fingerprint density at radius 2 is 2.04 bits per heavy atom. The number of likely N-dealkylation sites (tertiary alicyclic amines) is 1. The van der Waals surface area contributed by atoms with Crippen LogP contribution < -0.4 is 5.32 Å². The molecule has 7 nitrogen and oxygen atoms in total. The Balaban J connectivity index is 1.40. The first-order valence-corrected chi connectivity index (χ1v) is 8.98. The van der Waals surface area contributed by atoms with E-state index in [1.165, 1.54) is 19.0 Å². The number of aromatic nitrogens is 2. The molecular formula is C19H21N5O2. The topological polar surface area (TPSA) is 102 Å². The second-order valence-electron chi connectivity index (χ2n) is 7.47. The number of nitrogens with zero attached hydrogens (tertiary/aromatic N) is 3. The highest BCUT2D eigenvalue weighted by Crippen LogP contribution is 2.53. The van der Waals surface area contributed by atoms with Gasteiger partial charge in [-0.3, -0.25) is 9.59 Å². The molecule has 2 aliphatic rings. The first-order valence-electron chi connectivity index (χ1n) is 8.98.